The Bertz CT molecular complexity index is 1210. The van der Waals surface area contributed by atoms with Crippen LogP contribution in [0.2, 0.25) is 0 Å². The Morgan fingerprint density at radius 1 is 0.556 bits per heavy atom. The Morgan fingerprint density at radius 2 is 1.00 bits per heavy atom. The lowest BCUT2D eigenvalue weighted by atomic mass is 9.98. The number of amides is 1. The summed E-state index contributed by atoms with van der Waals surface area (Å²) in [6.07, 6.45) is 39.8. The van der Waals surface area contributed by atoms with E-state index in [2.05, 4.69) is 79.9 Å². The van der Waals surface area contributed by atoms with Crippen LogP contribution in [0.1, 0.15) is 194 Å². The van der Waals surface area contributed by atoms with Gasteiger partial charge in [0.25, 0.3) is 0 Å². The van der Waals surface area contributed by atoms with Crippen LogP contribution in [0.3, 0.4) is 0 Å². The summed E-state index contributed by atoms with van der Waals surface area (Å²) >= 11 is 0. The molecule has 9 atom stereocenters. The number of rotatable bonds is 41. The van der Waals surface area contributed by atoms with E-state index < -0.39 is 74.2 Å². The average Bonchev–Trinajstić information content (AvgIpc) is 3.28. The third-order valence-corrected chi connectivity index (χ3v) is 11.8. The van der Waals surface area contributed by atoms with Gasteiger partial charge in [-0.3, -0.25) is 4.79 Å². The zero-order valence-corrected chi connectivity index (χ0v) is 39.5. The van der Waals surface area contributed by atoms with Gasteiger partial charge in [-0.15, -0.1) is 0 Å². The molecular weight excluding hydrogens is 799 g/mol. The van der Waals surface area contributed by atoms with Crippen molar-refractivity contribution in [3.8, 4) is 0 Å². The second kappa shape index (κ2) is 41.3. The van der Waals surface area contributed by atoms with Gasteiger partial charge >= 0.3 is 0 Å². The summed E-state index contributed by atoms with van der Waals surface area (Å²) in [7, 11) is 0. The summed E-state index contributed by atoms with van der Waals surface area (Å²) in [5, 5.41) is 75.7. The van der Waals surface area contributed by atoms with Gasteiger partial charge in [-0.2, -0.15) is 0 Å². The van der Waals surface area contributed by atoms with Gasteiger partial charge in [0, 0.05) is 0 Å². The van der Waals surface area contributed by atoms with Gasteiger partial charge in [0.2, 0.25) is 5.91 Å². The van der Waals surface area contributed by atoms with Crippen molar-refractivity contribution in [2.24, 2.45) is 0 Å². The number of carbonyl (C=O) groups is 1. The monoisotopic (exact) mass is 892 g/mol. The average molecular weight is 892 g/mol. The predicted octanol–water partition coefficient (Wildman–Crippen LogP) is 9.11. The molecule has 1 fully saturated rings. The Labute approximate surface area is 382 Å². The maximum atomic E-state index is 13.1. The highest BCUT2D eigenvalue weighted by Gasteiger charge is 2.44. The Hall–Kier alpha value is -2.19. The number of unbranched alkanes of at least 4 members (excludes halogenated alkanes) is 20. The first-order valence-electron chi connectivity index (χ1n) is 25.2. The number of carbonyl (C=O) groups excluding carboxylic acids is 1. The van der Waals surface area contributed by atoms with Crippen LogP contribution in [0, 0.1) is 0 Å². The van der Waals surface area contributed by atoms with Crippen molar-refractivity contribution in [1.82, 2.24) is 5.32 Å². The molecule has 1 aliphatic rings. The number of aliphatic hydroxyl groups excluding tert-OH is 7. The number of allylic oxidation sites excluding steroid dienone is 10. The van der Waals surface area contributed by atoms with Crippen LogP contribution in [0.5, 0.6) is 0 Å². The lowest BCUT2D eigenvalue weighted by Gasteiger charge is -2.40. The first-order chi connectivity index (χ1) is 30.7. The van der Waals surface area contributed by atoms with Gasteiger partial charge in [0.15, 0.2) is 6.29 Å². The van der Waals surface area contributed by atoms with Crippen molar-refractivity contribution in [3.05, 3.63) is 60.8 Å². The largest absolute Gasteiger partial charge is 0.394 e. The Morgan fingerprint density at radius 3 is 1.54 bits per heavy atom. The highest BCUT2D eigenvalue weighted by molar-refractivity contribution is 5.80. The molecule has 1 aliphatic heterocycles. The van der Waals surface area contributed by atoms with Crippen LogP contribution in [-0.2, 0) is 14.3 Å². The number of nitrogens with one attached hydrogen (secondary N) is 1. The maximum absolute atomic E-state index is 13.1. The predicted molar refractivity (Wildman–Crippen MR) is 256 cm³/mol. The van der Waals surface area contributed by atoms with Crippen LogP contribution in [-0.4, -0.2) is 110 Å². The van der Waals surface area contributed by atoms with Crippen LogP contribution in [0.25, 0.3) is 0 Å². The second-order valence-corrected chi connectivity index (χ2v) is 17.5. The van der Waals surface area contributed by atoms with Crippen molar-refractivity contribution in [2.75, 3.05) is 13.2 Å². The van der Waals surface area contributed by atoms with Gasteiger partial charge in [-0.1, -0.05) is 164 Å². The molecule has 1 rings (SSSR count). The molecule has 1 heterocycles. The van der Waals surface area contributed by atoms with Gasteiger partial charge < -0.3 is 50.5 Å². The highest BCUT2D eigenvalue weighted by atomic mass is 16.7. The van der Waals surface area contributed by atoms with Crippen molar-refractivity contribution in [3.63, 3.8) is 0 Å². The summed E-state index contributed by atoms with van der Waals surface area (Å²) in [5.74, 6) is -0.727. The molecule has 0 aliphatic carbocycles. The molecule has 366 valence electrons. The van der Waals surface area contributed by atoms with Crippen molar-refractivity contribution >= 4 is 5.91 Å². The molecule has 9 unspecified atom stereocenters. The Kier molecular flexibility index (Phi) is 38.5. The van der Waals surface area contributed by atoms with E-state index in [1.54, 1.807) is 0 Å². The zero-order chi connectivity index (χ0) is 46.2. The van der Waals surface area contributed by atoms with Crippen LogP contribution < -0.4 is 5.32 Å². The van der Waals surface area contributed by atoms with E-state index in [-0.39, 0.29) is 12.8 Å². The number of hydrogen-bond donors (Lipinski definition) is 8. The molecule has 1 saturated heterocycles. The highest BCUT2D eigenvalue weighted by Crippen LogP contribution is 2.23. The molecule has 1 amide bonds. The normalized spacial score (nSPS) is 21.7. The molecule has 0 aromatic rings. The minimum absolute atomic E-state index is 0.229. The number of ether oxygens (including phenoxy) is 2. The molecule has 11 nitrogen and oxygen atoms in total. The topological polar surface area (TPSA) is 189 Å². The zero-order valence-electron chi connectivity index (χ0n) is 39.5. The summed E-state index contributed by atoms with van der Waals surface area (Å²) in [6, 6.07) is -1.20. The molecule has 0 spiro atoms. The molecule has 0 aromatic carbocycles. The van der Waals surface area contributed by atoms with Crippen LogP contribution >= 0.6 is 0 Å². The van der Waals surface area contributed by atoms with Crippen molar-refractivity contribution in [2.45, 2.75) is 249 Å². The van der Waals surface area contributed by atoms with Crippen molar-refractivity contribution in [1.29, 1.82) is 0 Å². The summed E-state index contributed by atoms with van der Waals surface area (Å²) in [4.78, 5) is 13.1. The fourth-order valence-corrected chi connectivity index (χ4v) is 7.58. The van der Waals surface area contributed by atoms with Crippen LogP contribution in [0.4, 0.5) is 0 Å². The minimum Gasteiger partial charge on any atom is -0.394 e. The summed E-state index contributed by atoms with van der Waals surface area (Å²) in [6.45, 7) is 3.37. The standard InChI is InChI=1S/C52H93NO10/c1-3-5-7-9-11-13-15-17-19-20-21-22-23-24-25-26-28-29-31-33-35-37-39-44(55)47(57)43(42-62-52-50(60)49(59)48(58)46(41-54)63-52)53-51(61)45(56)40-38-36-34-32-30-27-18-16-14-12-10-8-6-4-2/h12,14,16,18,21-22,25-26,31,33,43-50,52,54-60H,3-11,13,15,17,19-20,23-24,27-30,32,34-42H2,1-2H3,(H,53,61)/b14-12-,18-16-,22-21+,26-25+,33-31+. The fraction of sp³-hybridized carbons (Fsp3) is 0.788. The molecule has 63 heavy (non-hydrogen) atoms. The Balaban J connectivity index is 2.45. The van der Waals surface area contributed by atoms with E-state index in [1.807, 2.05) is 0 Å². The van der Waals surface area contributed by atoms with Gasteiger partial charge in [-0.05, 0) is 89.9 Å². The van der Waals surface area contributed by atoms with E-state index in [4.69, 9.17) is 9.47 Å². The first-order valence-corrected chi connectivity index (χ1v) is 25.2. The summed E-state index contributed by atoms with van der Waals surface area (Å²) in [5.41, 5.74) is 0. The van der Waals surface area contributed by atoms with E-state index in [1.165, 1.54) is 83.5 Å². The van der Waals surface area contributed by atoms with E-state index in [0.717, 1.165) is 64.2 Å². The first kappa shape index (κ1) is 58.8. The van der Waals surface area contributed by atoms with Gasteiger partial charge in [0.1, 0.15) is 36.6 Å². The molecule has 0 aromatic heterocycles. The SMILES string of the molecule is CCCCC/C=C\C=C/CCCCCCCC(O)C(=O)NC(COC1OC(CO)C(O)C(O)C1O)C(O)C(O)CCC/C=C/CC/C=C/CC/C=C/CCCCCCCCCCC. The molecule has 0 bridgehead atoms. The molecule has 0 radical (unpaired) electrons. The smallest absolute Gasteiger partial charge is 0.249 e. The van der Waals surface area contributed by atoms with Gasteiger partial charge in [-0.25, -0.2) is 0 Å². The van der Waals surface area contributed by atoms with E-state index in [0.29, 0.717) is 19.3 Å². The molecule has 8 N–H and O–H groups in total. The second-order valence-electron chi connectivity index (χ2n) is 17.5. The lowest BCUT2D eigenvalue weighted by Crippen LogP contribution is -2.60. The third kappa shape index (κ3) is 30.6. The lowest BCUT2D eigenvalue weighted by molar-refractivity contribution is -0.303. The minimum atomic E-state index is -1.68. The molecule has 11 heteroatoms. The fourth-order valence-electron chi connectivity index (χ4n) is 7.58. The molecule has 0 saturated carbocycles. The van der Waals surface area contributed by atoms with E-state index >= 15 is 0 Å². The van der Waals surface area contributed by atoms with Crippen molar-refractivity contribution < 1.29 is 50.0 Å². The number of hydrogen-bond acceptors (Lipinski definition) is 10. The van der Waals surface area contributed by atoms with Gasteiger partial charge in [0.05, 0.1) is 25.4 Å². The number of aliphatic hydroxyl groups is 7. The summed E-state index contributed by atoms with van der Waals surface area (Å²) < 4.78 is 11.1. The van der Waals surface area contributed by atoms with Crippen LogP contribution in [0.15, 0.2) is 60.8 Å². The third-order valence-electron chi connectivity index (χ3n) is 11.8. The van der Waals surface area contributed by atoms with E-state index in [9.17, 15) is 40.5 Å². The quantitative estimate of drug-likeness (QED) is 0.0167. The molecular formula is C52H93NO10. The maximum Gasteiger partial charge on any atom is 0.249 e.